The van der Waals surface area contributed by atoms with Crippen LogP contribution in [0.2, 0.25) is 0 Å². The number of aromatic nitrogens is 2. The van der Waals surface area contributed by atoms with Crippen molar-refractivity contribution in [1.82, 2.24) is 9.97 Å². The van der Waals surface area contributed by atoms with Crippen molar-refractivity contribution in [2.24, 2.45) is 0 Å². The Labute approximate surface area is 83.4 Å². The maximum atomic E-state index is 13.2. The molecular weight excluding hydrogens is 205 g/mol. The van der Waals surface area contributed by atoms with E-state index in [1.165, 1.54) is 12.1 Å². The molecule has 0 saturated heterocycles. The van der Waals surface area contributed by atoms with Gasteiger partial charge in [0, 0.05) is 5.56 Å². The van der Waals surface area contributed by atoms with Gasteiger partial charge in [0.15, 0.2) is 0 Å². The van der Waals surface area contributed by atoms with Crippen LogP contribution in [-0.4, -0.2) is 9.97 Å². The Bertz CT molecular complexity index is 483. The minimum Gasteiger partial charge on any atom is -0.233 e. The lowest BCUT2D eigenvalue weighted by Gasteiger charge is -2.01. The smallest absolute Gasteiger partial charge is 0.233 e. The predicted molar refractivity (Wildman–Crippen MR) is 47.3 cm³/mol. The zero-order chi connectivity index (χ0) is 10.8. The molecule has 1 aromatic heterocycles. The molecule has 1 heterocycles. The first kappa shape index (κ1) is 9.64. The van der Waals surface area contributed by atoms with Gasteiger partial charge in [0.05, 0.1) is 0 Å². The molecular formula is C10H5F3N2. The van der Waals surface area contributed by atoms with Gasteiger partial charge < -0.3 is 0 Å². The van der Waals surface area contributed by atoms with E-state index in [2.05, 4.69) is 9.97 Å². The molecule has 0 saturated carbocycles. The molecule has 0 spiro atoms. The lowest BCUT2D eigenvalue weighted by atomic mass is 10.1. The van der Waals surface area contributed by atoms with Gasteiger partial charge in [0.25, 0.3) is 5.95 Å². The minimum atomic E-state index is -1.22. The van der Waals surface area contributed by atoms with E-state index in [-0.39, 0.29) is 5.69 Å². The van der Waals surface area contributed by atoms with Crippen molar-refractivity contribution < 1.29 is 13.2 Å². The maximum Gasteiger partial charge on any atom is 0.252 e. The van der Waals surface area contributed by atoms with E-state index in [4.69, 9.17) is 0 Å². The van der Waals surface area contributed by atoms with Gasteiger partial charge in [-0.2, -0.15) is 8.78 Å². The quantitative estimate of drug-likeness (QED) is 0.676. The summed E-state index contributed by atoms with van der Waals surface area (Å²) in [5, 5.41) is 0. The maximum absolute atomic E-state index is 13.2. The number of hydrogen-bond donors (Lipinski definition) is 0. The highest BCUT2D eigenvalue weighted by atomic mass is 19.2. The fourth-order valence-electron chi connectivity index (χ4n) is 1.16. The topological polar surface area (TPSA) is 25.8 Å². The summed E-state index contributed by atoms with van der Waals surface area (Å²) < 4.78 is 38.5. The Morgan fingerprint density at radius 3 is 2.20 bits per heavy atom. The molecule has 2 rings (SSSR count). The summed E-state index contributed by atoms with van der Waals surface area (Å²) in [5.74, 6) is -2.80. The van der Waals surface area contributed by atoms with E-state index >= 15 is 0 Å². The molecule has 0 unspecified atom stereocenters. The van der Waals surface area contributed by atoms with Crippen LogP contribution in [0.25, 0.3) is 11.3 Å². The predicted octanol–water partition coefficient (Wildman–Crippen LogP) is 2.56. The van der Waals surface area contributed by atoms with E-state index in [9.17, 15) is 13.2 Å². The fourth-order valence-corrected chi connectivity index (χ4v) is 1.16. The molecule has 1 aromatic carbocycles. The largest absolute Gasteiger partial charge is 0.252 e. The van der Waals surface area contributed by atoms with Gasteiger partial charge in [0.1, 0.15) is 17.8 Å². The Morgan fingerprint density at radius 1 is 0.867 bits per heavy atom. The Morgan fingerprint density at radius 2 is 1.53 bits per heavy atom. The van der Waals surface area contributed by atoms with Crippen molar-refractivity contribution in [3.63, 3.8) is 0 Å². The summed E-state index contributed by atoms with van der Waals surface area (Å²) in [6.07, 6.45) is 0.914. The third-order valence-corrected chi connectivity index (χ3v) is 1.86. The first-order valence-corrected chi connectivity index (χ1v) is 4.10. The zero-order valence-corrected chi connectivity index (χ0v) is 7.42. The van der Waals surface area contributed by atoms with Gasteiger partial charge in [-0.15, -0.1) is 0 Å². The van der Waals surface area contributed by atoms with E-state index in [0.29, 0.717) is 5.56 Å². The van der Waals surface area contributed by atoms with E-state index in [1.807, 2.05) is 0 Å². The second-order valence-corrected chi connectivity index (χ2v) is 2.83. The van der Waals surface area contributed by atoms with Crippen LogP contribution >= 0.6 is 0 Å². The van der Waals surface area contributed by atoms with Crippen molar-refractivity contribution in [2.75, 3.05) is 0 Å². The summed E-state index contributed by atoms with van der Waals surface area (Å²) in [6.45, 7) is 0. The van der Waals surface area contributed by atoms with Gasteiger partial charge in [-0.1, -0.05) is 0 Å². The van der Waals surface area contributed by atoms with Crippen LogP contribution in [0.4, 0.5) is 13.2 Å². The Hall–Kier alpha value is -1.91. The molecule has 0 bridgehead atoms. The lowest BCUT2D eigenvalue weighted by Crippen LogP contribution is -1.96. The molecule has 0 amide bonds. The third-order valence-electron chi connectivity index (χ3n) is 1.86. The molecule has 0 N–H and O–H groups in total. The van der Waals surface area contributed by atoms with Crippen LogP contribution in [0.15, 0.2) is 30.6 Å². The van der Waals surface area contributed by atoms with Crippen molar-refractivity contribution in [1.29, 1.82) is 0 Å². The average molecular weight is 210 g/mol. The highest BCUT2D eigenvalue weighted by molar-refractivity contribution is 5.58. The second kappa shape index (κ2) is 3.68. The molecule has 0 aliphatic rings. The molecule has 0 radical (unpaired) electrons. The Balaban J connectivity index is 2.54. The molecule has 0 aliphatic carbocycles. The van der Waals surface area contributed by atoms with Crippen molar-refractivity contribution in [3.05, 3.63) is 48.2 Å². The molecule has 0 fully saturated rings. The number of rotatable bonds is 1. The molecule has 15 heavy (non-hydrogen) atoms. The van der Waals surface area contributed by atoms with Crippen molar-refractivity contribution in [3.8, 4) is 11.3 Å². The molecule has 76 valence electrons. The normalized spacial score (nSPS) is 10.3. The van der Waals surface area contributed by atoms with Crippen LogP contribution < -0.4 is 0 Å². The summed E-state index contributed by atoms with van der Waals surface area (Å²) in [4.78, 5) is 6.65. The number of nitrogens with zero attached hydrogens (tertiary/aromatic N) is 2. The summed E-state index contributed by atoms with van der Waals surface area (Å²) in [7, 11) is 0. The van der Waals surface area contributed by atoms with Crippen molar-refractivity contribution in [2.45, 2.75) is 0 Å². The first-order valence-electron chi connectivity index (χ1n) is 4.10. The minimum absolute atomic E-state index is 0.178. The summed E-state index contributed by atoms with van der Waals surface area (Å²) in [6, 6.07) is 4.93. The lowest BCUT2D eigenvalue weighted by molar-refractivity contribution is 0.476. The van der Waals surface area contributed by atoms with Crippen LogP contribution in [0, 0.1) is 17.6 Å². The van der Waals surface area contributed by atoms with Crippen LogP contribution in [0.5, 0.6) is 0 Å². The standard InChI is InChI=1S/C10H5F3N2/c11-7-3-1-6(2-4-7)9-8(12)10(13)15-5-14-9/h1-5H. The van der Waals surface area contributed by atoms with Gasteiger partial charge >= 0.3 is 0 Å². The van der Waals surface area contributed by atoms with Gasteiger partial charge in [-0.05, 0) is 24.3 Å². The first-order chi connectivity index (χ1) is 7.18. The third kappa shape index (κ3) is 1.81. The van der Waals surface area contributed by atoms with E-state index in [0.717, 1.165) is 18.5 Å². The SMILES string of the molecule is Fc1ccc(-c2ncnc(F)c2F)cc1. The highest BCUT2D eigenvalue weighted by Crippen LogP contribution is 2.20. The summed E-state index contributed by atoms with van der Waals surface area (Å²) >= 11 is 0. The zero-order valence-electron chi connectivity index (χ0n) is 7.42. The molecule has 0 aliphatic heterocycles. The highest BCUT2D eigenvalue weighted by Gasteiger charge is 2.12. The number of benzene rings is 1. The van der Waals surface area contributed by atoms with Gasteiger partial charge in [0.2, 0.25) is 5.82 Å². The van der Waals surface area contributed by atoms with Gasteiger partial charge in [-0.25, -0.2) is 14.4 Å². The van der Waals surface area contributed by atoms with Gasteiger partial charge in [-0.3, -0.25) is 0 Å². The fraction of sp³-hybridized carbons (Fsp3) is 0. The summed E-state index contributed by atoms with van der Waals surface area (Å²) in [5.41, 5.74) is 0.123. The average Bonchev–Trinajstić information content (AvgIpc) is 2.24. The molecule has 2 aromatic rings. The number of halogens is 3. The van der Waals surface area contributed by atoms with E-state index < -0.39 is 17.6 Å². The van der Waals surface area contributed by atoms with Crippen molar-refractivity contribution >= 4 is 0 Å². The van der Waals surface area contributed by atoms with Crippen LogP contribution in [0.1, 0.15) is 0 Å². The second-order valence-electron chi connectivity index (χ2n) is 2.83. The van der Waals surface area contributed by atoms with E-state index in [1.54, 1.807) is 0 Å². The molecule has 0 atom stereocenters. The molecule has 5 heteroatoms. The Kier molecular flexibility index (Phi) is 2.37. The number of hydrogen-bond acceptors (Lipinski definition) is 2. The monoisotopic (exact) mass is 210 g/mol. The van der Waals surface area contributed by atoms with Crippen LogP contribution in [-0.2, 0) is 0 Å². The molecule has 2 nitrogen and oxygen atoms in total. The van der Waals surface area contributed by atoms with Crippen LogP contribution in [0.3, 0.4) is 0 Å².